The SMILES string of the molecule is CCc1ccc(N)cc1S(=O)(=O)NC(C)(C)c1nccs1. The van der Waals surface area contributed by atoms with Crippen LogP contribution in [-0.2, 0) is 22.0 Å². The summed E-state index contributed by atoms with van der Waals surface area (Å²) in [6, 6.07) is 4.96. The standard InChI is InChI=1S/C14H19N3O2S2/c1-4-10-5-6-11(15)9-12(10)21(18,19)17-14(2,3)13-16-7-8-20-13/h5-9,17H,4,15H2,1-3H3. The van der Waals surface area contributed by atoms with Gasteiger partial charge in [-0.2, -0.15) is 4.72 Å². The summed E-state index contributed by atoms with van der Waals surface area (Å²) >= 11 is 1.42. The Bertz CT molecular complexity index is 723. The molecule has 21 heavy (non-hydrogen) atoms. The highest BCUT2D eigenvalue weighted by atomic mass is 32.2. The third kappa shape index (κ3) is 3.42. The van der Waals surface area contributed by atoms with Crippen LogP contribution in [0.3, 0.4) is 0 Å². The van der Waals surface area contributed by atoms with E-state index in [0.29, 0.717) is 17.1 Å². The molecule has 5 nitrogen and oxygen atoms in total. The predicted octanol–water partition coefficient (Wildman–Crippen LogP) is 2.50. The molecule has 0 spiro atoms. The van der Waals surface area contributed by atoms with Crippen molar-refractivity contribution in [2.45, 2.75) is 37.6 Å². The molecule has 114 valence electrons. The first-order valence-electron chi connectivity index (χ1n) is 6.58. The second kappa shape index (κ2) is 5.75. The molecule has 2 rings (SSSR count). The monoisotopic (exact) mass is 325 g/mol. The van der Waals surface area contributed by atoms with Crippen LogP contribution in [0.5, 0.6) is 0 Å². The number of nitrogens with zero attached hydrogens (tertiary/aromatic N) is 1. The molecule has 0 radical (unpaired) electrons. The van der Waals surface area contributed by atoms with E-state index in [9.17, 15) is 8.42 Å². The zero-order chi connectivity index (χ0) is 15.7. The Kier molecular flexibility index (Phi) is 4.36. The molecule has 0 fully saturated rings. The largest absolute Gasteiger partial charge is 0.399 e. The van der Waals surface area contributed by atoms with Crippen LogP contribution in [0.1, 0.15) is 31.3 Å². The molecule has 0 bridgehead atoms. The molecule has 0 aliphatic carbocycles. The lowest BCUT2D eigenvalue weighted by Crippen LogP contribution is -2.41. The number of rotatable bonds is 5. The highest BCUT2D eigenvalue weighted by molar-refractivity contribution is 7.89. The highest BCUT2D eigenvalue weighted by Crippen LogP contribution is 2.27. The summed E-state index contributed by atoms with van der Waals surface area (Å²) in [4.78, 5) is 4.42. The fourth-order valence-corrected chi connectivity index (χ4v) is 4.59. The van der Waals surface area contributed by atoms with E-state index >= 15 is 0 Å². The van der Waals surface area contributed by atoms with E-state index in [-0.39, 0.29) is 4.90 Å². The Balaban J connectivity index is 2.42. The number of thiazole rings is 1. The number of anilines is 1. The molecule has 0 atom stereocenters. The molecule has 0 saturated heterocycles. The lowest BCUT2D eigenvalue weighted by Gasteiger charge is -2.24. The molecule has 0 amide bonds. The summed E-state index contributed by atoms with van der Waals surface area (Å²) in [6.07, 6.45) is 2.28. The van der Waals surface area contributed by atoms with Crippen LogP contribution in [0.2, 0.25) is 0 Å². The number of aryl methyl sites for hydroxylation is 1. The summed E-state index contributed by atoms with van der Waals surface area (Å²) in [6.45, 7) is 5.50. The van der Waals surface area contributed by atoms with Gasteiger partial charge in [0.15, 0.2) is 0 Å². The van der Waals surface area contributed by atoms with Gasteiger partial charge in [0, 0.05) is 17.3 Å². The molecule has 0 aliphatic rings. The number of hydrogen-bond acceptors (Lipinski definition) is 5. The van der Waals surface area contributed by atoms with E-state index in [2.05, 4.69) is 9.71 Å². The fraction of sp³-hybridized carbons (Fsp3) is 0.357. The van der Waals surface area contributed by atoms with Gasteiger partial charge in [-0.05, 0) is 38.0 Å². The van der Waals surface area contributed by atoms with Crippen molar-refractivity contribution in [3.8, 4) is 0 Å². The Labute approximate surface area is 129 Å². The number of nitrogens with one attached hydrogen (secondary N) is 1. The molecule has 1 aromatic carbocycles. The molecule has 0 aliphatic heterocycles. The van der Waals surface area contributed by atoms with Gasteiger partial charge >= 0.3 is 0 Å². The van der Waals surface area contributed by atoms with Gasteiger partial charge in [-0.25, -0.2) is 13.4 Å². The quantitative estimate of drug-likeness (QED) is 0.827. The summed E-state index contributed by atoms with van der Waals surface area (Å²) in [5, 5.41) is 2.54. The second-order valence-corrected chi connectivity index (χ2v) is 7.83. The summed E-state index contributed by atoms with van der Waals surface area (Å²) in [5.74, 6) is 0. The molecular formula is C14H19N3O2S2. The van der Waals surface area contributed by atoms with Gasteiger partial charge in [-0.1, -0.05) is 13.0 Å². The van der Waals surface area contributed by atoms with Crippen molar-refractivity contribution in [2.75, 3.05) is 5.73 Å². The summed E-state index contributed by atoms with van der Waals surface area (Å²) in [5.41, 5.74) is 6.13. The van der Waals surface area contributed by atoms with Crippen LogP contribution in [0.25, 0.3) is 0 Å². The smallest absolute Gasteiger partial charge is 0.241 e. The van der Waals surface area contributed by atoms with Gasteiger partial charge in [-0.3, -0.25) is 0 Å². The summed E-state index contributed by atoms with van der Waals surface area (Å²) < 4.78 is 28.1. The maximum absolute atomic E-state index is 12.7. The van der Waals surface area contributed by atoms with E-state index < -0.39 is 15.6 Å². The number of nitrogens with two attached hydrogens (primary N) is 1. The number of aromatic nitrogens is 1. The maximum atomic E-state index is 12.7. The predicted molar refractivity (Wildman–Crippen MR) is 85.7 cm³/mol. The average molecular weight is 325 g/mol. The van der Waals surface area contributed by atoms with Crippen molar-refractivity contribution >= 4 is 27.0 Å². The lowest BCUT2D eigenvalue weighted by molar-refractivity contribution is 0.469. The zero-order valence-corrected chi connectivity index (χ0v) is 13.9. The van der Waals surface area contributed by atoms with E-state index in [0.717, 1.165) is 5.56 Å². The number of hydrogen-bond donors (Lipinski definition) is 2. The van der Waals surface area contributed by atoms with Crippen molar-refractivity contribution in [1.29, 1.82) is 0 Å². The van der Waals surface area contributed by atoms with E-state index in [4.69, 9.17) is 5.73 Å². The van der Waals surface area contributed by atoms with E-state index in [1.807, 2.05) is 12.3 Å². The Morgan fingerprint density at radius 1 is 1.38 bits per heavy atom. The van der Waals surface area contributed by atoms with Crippen molar-refractivity contribution in [3.05, 3.63) is 40.3 Å². The van der Waals surface area contributed by atoms with Crippen molar-refractivity contribution in [2.24, 2.45) is 0 Å². The van der Waals surface area contributed by atoms with Gasteiger partial charge in [0.1, 0.15) is 5.01 Å². The third-order valence-electron chi connectivity index (χ3n) is 3.12. The third-order valence-corrected chi connectivity index (χ3v) is 5.95. The Morgan fingerprint density at radius 3 is 2.67 bits per heavy atom. The lowest BCUT2D eigenvalue weighted by atomic mass is 10.1. The molecular weight excluding hydrogens is 306 g/mol. The minimum absolute atomic E-state index is 0.231. The maximum Gasteiger partial charge on any atom is 0.241 e. The van der Waals surface area contributed by atoms with E-state index in [1.54, 1.807) is 32.2 Å². The van der Waals surface area contributed by atoms with Crippen LogP contribution in [-0.4, -0.2) is 13.4 Å². The molecule has 0 saturated carbocycles. The first-order valence-corrected chi connectivity index (χ1v) is 8.95. The van der Waals surface area contributed by atoms with Gasteiger partial charge in [0.25, 0.3) is 0 Å². The molecule has 3 N–H and O–H groups in total. The normalized spacial score (nSPS) is 12.5. The van der Waals surface area contributed by atoms with Crippen LogP contribution in [0, 0.1) is 0 Å². The van der Waals surface area contributed by atoms with E-state index in [1.165, 1.54) is 17.4 Å². The Morgan fingerprint density at radius 2 is 2.10 bits per heavy atom. The molecule has 2 aromatic rings. The summed E-state index contributed by atoms with van der Waals surface area (Å²) in [7, 11) is -3.67. The molecule has 1 heterocycles. The van der Waals surface area contributed by atoms with Crippen LogP contribution >= 0.6 is 11.3 Å². The number of sulfonamides is 1. The topological polar surface area (TPSA) is 85.1 Å². The first kappa shape index (κ1) is 15.9. The molecule has 1 aromatic heterocycles. The Hall–Kier alpha value is -1.44. The fourth-order valence-electron chi connectivity index (χ4n) is 2.08. The van der Waals surface area contributed by atoms with Gasteiger partial charge in [0.05, 0.1) is 10.4 Å². The first-order chi connectivity index (χ1) is 9.76. The minimum Gasteiger partial charge on any atom is -0.399 e. The van der Waals surface area contributed by atoms with Crippen molar-refractivity contribution in [3.63, 3.8) is 0 Å². The van der Waals surface area contributed by atoms with Crippen molar-refractivity contribution < 1.29 is 8.42 Å². The van der Waals surface area contributed by atoms with Gasteiger partial charge in [0.2, 0.25) is 10.0 Å². The number of benzene rings is 1. The van der Waals surface area contributed by atoms with Gasteiger partial charge in [-0.15, -0.1) is 11.3 Å². The van der Waals surface area contributed by atoms with Crippen LogP contribution in [0.15, 0.2) is 34.7 Å². The molecule has 0 unspecified atom stereocenters. The number of nitrogen functional groups attached to an aromatic ring is 1. The zero-order valence-electron chi connectivity index (χ0n) is 12.3. The van der Waals surface area contributed by atoms with Crippen molar-refractivity contribution in [1.82, 2.24) is 9.71 Å². The van der Waals surface area contributed by atoms with Crippen LogP contribution in [0.4, 0.5) is 5.69 Å². The average Bonchev–Trinajstić information content (AvgIpc) is 2.92. The second-order valence-electron chi connectivity index (χ2n) is 5.29. The highest BCUT2D eigenvalue weighted by Gasteiger charge is 2.31. The van der Waals surface area contributed by atoms with Crippen LogP contribution < -0.4 is 10.5 Å². The van der Waals surface area contributed by atoms with Gasteiger partial charge < -0.3 is 5.73 Å². The molecule has 7 heteroatoms. The minimum atomic E-state index is -3.67.